The number of hydrogen-bond donors (Lipinski definition) is 1. The van der Waals surface area contributed by atoms with E-state index in [-0.39, 0.29) is 18.4 Å². The first-order valence-electron chi connectivity index (χ1n) is 5.61. The minimum Gasteiger partial charge on any atom is -0.480 e. The Kier molecular flexibility index (Phi) is 4.63. The maximum Gasteiger partial charge on any atom is 0.317 e. The number of halogens is 1. The molecule has 0 fully saturated rings. The highest BCUT2D eigenvalue weighted by Gasteiger charge is 2.14. The van der Waals surface area contributed by atoms with Gasteiger partial charge in [0.25, 0.3) is 0 Å². The molecular weight excluding hydrogens is 221 g/mol. The van der Waals surface area contributed by atoms with Crippen molar-refractivity contribution in [1.29, 1.82) is 0 Å². The molecule has 0 saturated carbocycles. The molecule has 1 N–H and O–H groups in total. The van der Waals surface area contributed by atoms with Crippen molar-refractivity contribution >= 4 is 5.97 Å². The van der Waals surface area contributed by atoms with Gasteiger partial charge in [0.15, 0.2) is 0 Å². The van der Waals surface area contributed by atoms with Crippen LogP contribution in [0.25, 0.3) is 0 Å². The van der Waals surface area contributed by atoms with Gasteiger partial charge >= 0.3 is 5.97 Å². The van der Waals surface area contributed by atoms with Gasteiger partial charge in [-0.3, -0.25) is 9.69 Å². The first kappa shape index (κ1) is 13.6. The predicted octanol–water partition coefficient (Wildman–Crippen LogP) is 2.43. The minimum atomic E-state index is -0.869. The van der Waals surface area contributed by atoms with Gasteiger partial charge < -0.3 is 5.11 Å². The Bertz CT molecular complexity index is 404. The van der Waals surface area contributed by atoms with Crippen molar-refractivity contribution in [2.45, 2.75) is 33.4 Å². The third kappa shape index (κ3) is 4.15. The van der Waals surface area contributed by atoms with Gasteiger partial charge in [0.1, 0.15) is 5.82 Å². The monoisotopic (exact) mass is 239 g/mol. The fraction of sp³-hybridized carbons (Fsp3) is 0.462. The van der Waals surface area contributed by atoms with E-state index in [0.717, 1.165) is 5.56 Å². The third-order valence-electron chi connectivity index (χ3n) is 2.69. The fourth-order valence-electron chi connectivity index (χ4n) is 1.56. The van der Waals surface area contributed by atoms with Gasteiger partial charge in [0.2, 0.25) is 0 Å². The molecule has 0 saturated heterocycles. The molecule has 1 rings (SSSR count). The van der Waals surface area contributed by atoms with Gasteiger partial charge in [0, 0.05) is 12.6 Å². The molecule has 0 amide bonds. The van der Waals surface area contributed by atoms with Gasteiger partial charge in [-0.05, 0) is 38.0 Å². The minimum absolute atomic E-state index is 0.0346. The Morgan fingerprint density at radius 1 is 1.47 bits per heavy atom. The lowest BCUT2D eigenvalue weighted by Gasteiger charge is -2.24. The first-order chi connectivity index (χ1) is 7.90. The van der Waals surface area contributed by atoms with Crippen LogP contribution in [0, 0.1) is 12.7 Å². The summed E-state index contributed by atoms with van der Waals surface area (Å²) in [7, 11) is 0. The largest absolute Gasteiger partial charge is 0.480 e. The number of aryl methyl sites for hydroxylation is 1. The Morgan fingerprint density at radius 3 is 2.59 bits per heavy atom. The van der Waals surface area contributed by atoms with Crippen molar-refractivity contribution in [1.82, 2.24) is 4.90 Å². The maximum absolute atomic E-state index is 13.4. The van der Waals surface area contributed by atoms with E-state index in [2.05, 4.69) is 0 Å². The zero-order chi connectivity index (χ0) is 13.0. The molecule has 0 aliphatic rings. The van der Waals surface area contributed by atoms with E-state index in [0.29, 0.717) is 12.1 Å². The number of nitrogens with zero attached hydrogens (tertiary/aromatic N) is 1. The number of hydrogen-bond acceptors (Lipinski definition) is 2. The zero-order valence-corrected chi connectivity index (χ0v) is 10.4. The van der Waals surface area contributed by atoms with Gasteiger partial charge in [-0.1, -0.05) is 12.1 Å². The van der Waals surface area contributed by atoms with Gasteiger partial charge in [0.05, 0.1) is 6.54 Å². The quantitative estimate of drug-likeness (QED) is 0.858. The van der Waals surface area contributed by atoms with E-state index in [9.17, 15) is 9.18 Å². The summed E-state index contributed by atoms with van der Waals surface area (Å²) in [6, 6.07) is 5.11. The molecule has 3 nitrogen and oxygen atoms in total. The van der Waals surface area contributed by atoms with E-state index in [1.54, 1.807) is 17.9 Å². The van der Waals surface area contributed by atoms with E-state index < -0.39 is 5.97 Å². The highest BCUT2D eigenvalue weighted by molar-refractivity contribution is 5.69. The summed E-state index contributed by atoms with van der Waals surface area (Å²) in [5, 5.41) is 8.79. The highest BCUT2D eigenvalue weighted by atomic mass is 19.1. The summed E-state index contributed by atoms with van der Waals surface area (Å²) in [6.07, 6.45) is 0. The third-order valence-corrected chi connectivity index (χ3v) is 2.69. The van der Waals surface area contributed by atoms with E-state index in [1.165, 1.54) is 6.07 Å². The van der Waals surface area contributed by atoms with Crippen molar-refractivity contribution < 1.29 is 14.3 Å². The molecule has 0 radical (unpaired) electrons. The van der Waals surface area contributed by atoms with Crippen LogP contribution >= 0.6 is 0 Å². The van der Waals surface area contributed by atoms with Crippen LogP contribution in [0.2, 0.25) is 0 Å². The van der Waals surface area contributed by atoms with Crippen molar-refractivity contribution in [3.8, 4) is 0 Å². The van der Waals surface area contributed by atoms with Gasteiger partial charge in [-0.25, -0.2) is 4.39 Å². The second kappa shape index (κ2) is 5.77. The molecule has 0 unspecified atom stereocenters. The molecule has 17 heavy (non-hydrogen) atoms. The van der Waals surface area contributed by atoms with Gasteiger partial charge in [-0.15, -0.1) is 0 Å². The van der Waals surface area contributed by atoms with E-state index in [1.807, 2.05) is 19.9 Å². The SMILES string of the molecule is Cc1ccc(CN(CC(=O)O)C(C)C)cc1F. The Hall–Kier alpha value is -1.42. The van der Waals surface area contributed by atoms with Crippen LogP contribution < -0.4 is 0 Å². The molecule has 1 aromatic rings. The molecule has 1 aromatic carbocycles. The maximum atomic E-state index is 13.4. The van der Waals surface area contributed by atoms with Crippen LogP contribution in [0.3, 0.4) is 0 Å². The normalized spacial score (nSPS) is 11.2. The smallest absolute Gasteiger partial charge is 0.317 e. The number of rotatable bonds is 5. The summed E-state index contributed by atoms with van der Waals surface area (Å²) >= 11 is 0. The molecule has 94 valence electrons. The number of aliphatic carboxylic acids is 1. The fourth-order valence-corrected chi connectivity index (χ4v) is 1.56. The van der Waals surface area contributed by atoms with Gasteiger partial charge in [-0.2, -0.15) is 0 Å². The zero-order valence-electron chi connectivity index (χ0n) is 10.4. The average molecular weight is 239 g/mol. The second-order valence-electron chi connectivity index (χ2n) is 4.48. The van der Waals surface area contributed by atoms with Crippen molar-refractivity contribution in [3.63, 3.8) is 0 Å². The molecule has 0 aromatic heterocycles. The summed E-state index contributed by atoms with van der Waals surface area (Å²) in [5.74, 6) is -1.12. The molecule has 0 atom stereocenters. The van der Waals surface area contributed by atoms with Crippen molar-refractivity contribution in [2.24, 2.45) is 0 Å². The summed E-state index contributed by atoms with van der Waals surface area (Å²) in [4.78, 5) is 12.5. The summed E-state index contributed by atoms with van der Waals surface area (Å²) < 4.78 is 13.4. The van der Waals surface area contributed by atoms with Crippen LogP contribution in [0.1, 0.15) is 25.0 Å². The molecule has 0 heterocycles. The topological polar surface area (TPSA) is 40.5 Å². The summed E-state index contributed by atoms with van der Waals surface area (Å²) in [6.45, 7) is 5.96. The standard InChI is InChI=1S/C13H18FNO2/c1-9(2)15(8-13(16)17)7-11-5-4-10(3)12(14)6-11/h4-6,9H,7-8H2,1-3H3,(H,16,17). The molecule has 0 bridgehead atoms. The van der Waals surface area contributed by atoms with Crippen LogP contribution in [0.15, 0.2) is 18.2 Å². The second-order valence-corrected chi connectivity index (χ2v) is 4.48. The number of carboxylic acid groups (broad SMARTS) is 1. The number of carbonyl (C=O) groups is 1. The summed E-state index contributed by atoms with van der Waals surface area (Å²) in [5.41, 5.74) is 1.39. The molecule has 4 heteroatoms. The Labute approximate surface area is 101 Å². The van der Waals surface area contributed by atoms with Crippen LogP contribution in [0.5, 0.6) is 0 Å². The lowest BCUT2D eigenvalue weighted by Crippen LogP contribution is -2.35. The predicted molar refractivity (Wildman–Crippen MR) is 64.3 cm³/mol. The van der Waals surface area contributed by atoms with Crippen LogP contribution in [0.4, 0.5) is 4.39 Å². The van der Waals surface area contributed by atoms with Crippen LogP contribution in [-0.2, 0) is 11.3 Å². The Balaban J connectivity index is 2.78. The molecule has 0 aliphatic carbocycles. The van der Waals surface area contributed by atoms with E-state index in [4.69, 9.17) is 5.11 Å². The number of benzene rings is 1. The van der Waals surface area contributed by atoms with Crippen molar-refractivity contribution in [2.75, 3.05) is 6.54 Å². The molecule has 0 aliphatic heterocycles. The lowest BCUT2D eigenvalue weighted by atomic mass is 10.1. The highest BCUT2D eigenvalue weighted by Crippen LogP contribution is 2.12. The van der Waals surface area contributed by atoms with Crippen molar-refractivity contribution in [3.05, 3.63) is 35.1 Å². The average Bonchev–Trinajstić information content (AvgIpc) is 2.21. The lowest BCUT2D eigenvalue weighted by molar-refractivity contribution is -0.138. The Morgan fingerprint density at radius 2 is 2.12 bits per heavy atom. The first-order valence-corrected chi connectivity index (χ1v) is 5.61. The molecule has 0 spiro atoms. The number of carboxylic acids is 1. The molecular formula is C13H18FNO2. The van der Waals surface area contributed by atoms with E-state index >= 15 is 0 Å². The van der Waals surface area contributed by atoms with Crippen LogP contribution in [-0.4, -0.2) is 28.6 Å².